The van der Waals surface area contributed by atoms with Crippen LogP contribution in [-0.2, 0) is 11.5 Å². The van der Waals surface area contributed by atoms with E-state index < -0.39 is 0 Å². The van der Waals surface area contributed by atoms with Gasteiger partial charge in [0.2, 0.25) is 0 Å². The first-order valence-corrected chi connectivity index (χ1v) is 6.82. The van der Waals surface area contributed by atoms with Crippen LogP contribution >= 0.6 is 0 Å². The molecule has 0 bridgehead atoms. The van der Waals surface area contributed by atoms with Crippen molar-refractivity contribution in [1.29, 1.82) is 0 Å². The lowest BCUT2D eigenvalue weighted by Crippen LogP contribution is -2.03. The summed E-state index contributed by atoms with van der Waals surface area (Å²) in [6.07, 6.45) is 1.80. The Hall–Kier alpha value is -2.20. The Balaban J connectivity index is 2.32. The van der Waals surface area contributed by atoms with Crippen LogP contribution in [0.2, 0.25) is 0 Å². The Morgan fingerprint density at radius 1 is 1.14 bits per heavy atom. The van der Waals surface area contributed by atoms with Crippen LogP contribution in [0.1, 0.15) is 11.3 Å². The summed E-state index contributed by atoms with van der Waals surface area (Å²) < 4.78 is 20.6. The number of hydrogen-bond donors (Lipinski definition) is 0. The van der Waals surface area contributed by atoms with Gasteiger partial charge in [-0.05, 0) is 49.7 Å². The third kappa shape index (κ3) is 2.21. The zero-order valence-electron chi connectivity index (χ0n) is 12.4. The lowest BCUT2D eigenvalue weighted by molar-refractivity contribution is 0.133. The summed E-state index contributed by atoms with van der Waals surface area (Å²) in [6.45, 7) is 4.64. The van der Waals surface area contributed by atoms with Gasteiger partial charge in [-0.3, -0.25) is 4.98 Å². The highest BCUT2D eigenvalue weighted by Crippen LogP contribution is 2.32. The third-order valence-corrected chi connectivity index (χ3v) is 3.92. The molecule has 0 spiro atoms. The molecule has 0 amide bonds. The minimum atomic E-state index is -0.245. The molecular weight excluding hydrogens is 267 g/mol. The van der Waals surface area contributed by atoms with E-state index in [1.54, 1.807) is 25.4 Å². The maximum absolute atomic E-state index is 13.1. The molecule has 0 aliphatic carbocycles. The van der Waals surface area contributed by atoms with Crippen molar-refractivity contribution >= 4 is 10.9 Å². The minimum absolute atomic E-state index is 0.245. The monoisotopic (exact) mass is 284 g/mol. The second kappa shape index (κ2) is 5.30. The molecule has 0 saturated carbocycles. The molecule has 0 fully saturated rings. The normalized spacial score (nSPS) is 11.2. The van der Waals surface area contributed by atoms with Crippen molar-refractivity contribution in [3.63, 3.8) is 0 Å². The number of aryl methyl sites for hydroxylation is 1. The van der Waals surface area contributed by atoms with Gasteiger partial charge in [-0.2, -0.15) is 0 Å². The number of rotatable bonds is 3. The fourth-order valence-corrected chi connectivity index (χ4v) is 2.70. The smallest absolute Gasteiger partial charge is 0.123 e. The van der Waals surface area contributed by atoms with E-state index in [2.05, 4.69) is 23.4 Å². The molecule has 0 N–H and O–H groups in total. The summed E-state index contributed by atoms with van der Waals surface area (Å²) >= 11 is 0. The van der Waals surface area contributed by atoms with Crippen LogP contribution in [0.15, 0.2) is 36.5 Å². The number of benzene rings is 1. The molecule has 21 heavy (non-hydrogen) atoms. The van der Waals surface area contributed by atoms with Crippen molar-refractivity contribution in [1.82, 2.24) is 9.55 Å². The molecule has 3 aromatic rings. The third-order valence-electron chi connectivity index (χ3n) is 3.92. The second-order valence-electron chi connectivity index (χ2n) is 5.12. The zero-order chi connectivity index (χ0) is 15.0. The highest BCUT2D eigenvalue weighted by molar-refractivity contribution is 5.95. The van der Waals surface area contributed by atoms with E-state index in [1.807, 2.05) is 6.07 Å². The summed E-state index contributed by atoms with van der Waals surface area (Å²) in [4.78, 5) is 4.51. The van der Waals surface area contributed by atoms with Gasteiger partial charge in [0.1, 0.15) is 12.5 Å². The first kappa shape index (κ1) is 13.8. The highest BCUT2D eigenvalue weighted by atomic mass is 19.1. The summed E-state index contributed by atoms with van der Waals surface area (Å²) in [5.41, 5.74) is 5.15. The first-order chi connectivity index (χ1) is 10.1. The molecule has 1 aromatic carbocycles. The number of halogens is 1. The van der Waals surface area contributed by atoms with E-state index in [9.17, 15) is 4.39 Å². The lowest BCUT2D eigenvalue weighted by Gasteiger charge is -2.10. The van der Waals surface area contributed by atoms with Crippen molar-refractivity contribution in [2.24, 2.45) is 0 Å². The van der Waals surface area contributed by atoms with Crippen molar-refractivity contribution in [2.45, 2.75) is 20.6 Å². The summed E-state index contributed by atoms with van der Waals surface area (Å²) in [6, 6.07) is 8.44. The van der Waals surface area contributed by atoms with Gasteiger partial charge in [-0.25, -0.2) is 4.39 Å². The maximum atomic E-state index is 13.1. The predicted octanol–water partition coefficient (Wildman–Crippen LogP) is 4.06. The molecule has 0 aliphatic rings. The van der Waals surface area contributed by atoms with Crippen molar-refractivity contribution in [3.05, 3.63) is 53.6 Å². The van der Waals surface area contributed by atoms with Crippen LogP contribution in [0.5, 0.6) is 0 Å². The van der Waals surface area contributed by atoms with Crippen LogP contribution in [-0.4, -0.2) is 16.7 Å². The van der Waals surface area contributed by atoms with Crippen LogP contribution in [0.3, 0.4) is 0 Å². The molecule has 3 rings (SSSR count). The fraction of sp³-hybridized carbons (Fsp3) is 0.235. The van der Waals surface area contributed by atoms with Gasteiger partial charge in [0.25, 0.3) is 0 Å². The Bertz CT molecular complexity index is 791. The highest BCUT2D eigenvalue weighted by Gasteiger charge is 2.16. The fourth-order valence-electron chi connectivity index (χ4n) is 2.70. The van der Waals surface area contributed by atoms with Gasteiger partial charge in [0.05, 0.1) is 11.2 Å². The van der Waals surface area contributed by atoms with Crippen LogP contribution in [0.4, 0.5) is 4.39 Å². The van der Waals surface area contributed by atoms with Gasteiger partial charge >= 0.3 is 0 Å². The summed E-state index contributed by atoms with van der Waals surface area (Å²) in [5, 5.41) is 1.15. The van der Waals surface area contributed by atoms with Crippen molar-refractivity contribution < 1.29 is 9.13 Å². The molecule has 2 aromatic heterocycles. The quantitative estimate of drug-likeness (QED) is 0.725. The van der Waals surface area contributed by atoms with Crippen LogP contribution in [0, 0.1) is 19.7 Å². The van der Waals surface area contributed by atoms with Crippen LogP contribution < -0.4 is 0 Å². The first-order valence-electron chi connectivity index (χ1n) is 6.82. The molecule has 0 unspecified atom stereocenters. The topological polar surface area (TPSA) is 27.1 Å². The minimum Gasteiger partial charge on any atom is -0.364 e. The van der Waals surface area contributed by atoms with Crippen LogP contribution in [0.25, 0.3) is 22.2 Å². The maximum Gasteiger partial charge on any atom is 0.123 e. The SMILES string of the molecule is COCn1c(C)c(C)c2ccnc(-c3ccc(F)cc3)c21. The molecule has 2 heterocycles. The van der Waals surface area contributed by atoms with E-state index in [0.717, 1.165) is 27.9 Å². The standard InChI is InChI=1S/C17H17FN2O/c1-11-12(2)20(10-21-3)17-15(11)8-9-19-16(17)13-4-6-14(18)7-5-13/h4-9H,10H2,1-3H3. The van der Waals surface area contributed by atoms with Gasteiger partial charge in [0, 0.05) is 30.0 Å². The Morgan fingerprint density at radius 3 is 2.52 bits per heavy atom. The molecule has 0 saturated heterocycles. The molecular formula is C17H17FN2O. The van der Waals surface area contributed by atoms with E-state index in [4.69, 9.17) is 4.74 Å². The van der Waals surface area contributed by atoms with E-state index in [-0.39, 0.29) is 5.82 Å². The number of fused-ring (bicyclic) bond motifs is 1. The Labute approximate surface area is 123 Å². The lowest BCUT2D eigenvalue weighted by atomic mass is 10.1. The largest absolute Gasteiger partial charge is 0.364 e. The molecule has 4 heteroatoms. The number of aromatic nitrogens is 2. The Kier molecular flexibility index (Phi) is 3.47. The summed E-state index contributed by atoms with van der Waals surface area (Å²) in [7, 11) is 1.68. The molecule has 0 radical (unpaired) electrons. The molecule has 0 aliphatic heterocycles. The van der Waals surface area contributed by atoms with E-state index >= 15 is 0 Å². The predicted molar refractivity (Wildman–Crippen MR) is 81.6 cm³/mol. The summed E-state index contributed by atoms with van der Waals surface area (Å²) in [5.74, 6) is -0.245. The van der Waals surface area contributed by atoms with Gasteiger partial charge in [0.15, 0.2) is 0 Å². The van der Waals surface area contributed by atoms with E-state index in [0.29, 0.717) is 6.73 Å². The van der Waals surface area contributed by atoms with Crippen molar-refractivity contribution in [3.8, 4) is 11.3 Å². The van der Waals surface area contributed by atoms with Crippen molar-refractivity contribution in [2.75, 3.05) is 7.11 Å². The number of methoxy groups -OCH3 is 1. The molecule has 108 valence electrons. The Morgan fingerprint density at radius 2 is 1.86 bits per heavy atom. The van der Waals surface area contributed by atoms with Gasteiger partial charge in [-0.15, -0.1) is 0 Å². The second-order valence-corrected chi connectivity index (χ2v) is 5.12. The van der Waals surface area contributed by atoms with E-state index in [1.165, 1.54) is 17.7 Å². The molecule has 0 atom stereocenters. The number of pyridine rings is 1. The van der Waals surface area contributed by atoms with Gasteiger partial charge in [-0.1, -0.05) is 0 Å². The molecule has 3 nitrogen and oxygen atoms in total. The average molecular weight is 284 g/mol. The number of nitrogens with zero attached hydrogens (tertiary/aromatic N) is 2. The zero-order valence-corrected chi connectivity index (χ0v) is 12.4. The number of ether oxygens (including phenoxy) is 1. The van der Waals surface area contributed by atoms with Gasteiger partial charge < -0.3 is 9.30 Å². The average Bonchev–Trinajstić information content (AvgIpc) is 2.74. The number of hydrogen-bond acceptors (Lipinski definition) is 2.